The number of carbonyl (C=O) groups excluding carboxylic acids is 1. The van der Waals surface area contributed by atoms with Gasteiger partial charge in [0.25, 0.3) is 0 Å². The Hall–Kier alpha value is -1.14. The lowest BCUT2D eigenvalue weighted by molar-refractivity contribution is -0.123. The van der Waals surface area contributed by atoms with Gasteiger partial charge in [0.1, 0.15) is 0 Å². The molecule has 1 aliphatic rings. The molecule has 1 amide bonds. The quantitative estimate of drug-likeness (QED) is 0.546. The summed E-state index contributed by atoms with van der Waals surface area (Å²) < 4.78 is 0. The summed E-state index contributed by atoms with van der Waals surface area (Å²) in [5, 5.41) is 16.0. The molecule has 1 unspecified atom stereocenters. The van der Waals surface area contributed by atoms with Crippen molar-refractivity contribution in [3.63, 3.8) is 0 Å². The third-order valence-corrected chi connectivity index (χ3v) is 5.10. The van der Waals surface area contributed by atoms with Gasteiger partial charge in [-0.2, -0.15) is 0 Å². The fraction of sp³-hybridized carbons (Fsp3) is 0.650. The lowest BCUT2D eigenvalue weighted by Gasteiger charge is -2.27. The molecule has 1 aromatic carbocycles. The molecule has 0 aliphatic carbocycles. The topological polar surface area (TPSA) is 87.4 Å². The first-order chi connectivity index (χ1) is 12.2. The molecule has 5 nitrogen and oxygen atoms in total. The number of amides is 1. The molecule has 0 saturated carbocycles. The zero-order valence-electron chi connectivity index (χ0n) is 16.0. The van der Waals surface area contributed by atoms with E-state index >= 15 is 0 Å². The molecule has 1 fully saturated rings. The summed E-state index contributed by atoms with van der Waals surface area (Å²) in [4.78, 5) is 12.8. The van der Waals surface area contributed by atoms with E-state index < -0.39 is 0 Å². The minimum absolute atomic E-state index is 0.0419. The van der Waals surface area contributed by atoms with E-state index in [0.717, 1.165) is 18.4 Å². The summed E-state index contributed by atoms with van der Waals surface area (Å²) in [6.45, 7) is 7.23. The second-order valence-electron chi connectivity index (χ2n) is 8.40. The first kappa shape index (κ1) is 21.2. The summed E-state index contributed by atoms with van der Waals surface area (Å²) in [6.07, 6.45) is 2.33. The zero-order chi connectivity index (χ0) is 19.3. The second kappa shape index (κ2) is 9.18. The summed E-state index contributed by atoms with van der Waals surface area (Å²) in [6, 6.07) is 7.13. The van der Waals surface area contributed by atoms with Gasteiger partial charge in [-0.1, -0.05) is 44.5 Å². The highest BCUT2D eigenvalue weighted by Crippen LogP contribution is 2.35. The molecule has 26 heavy (non-hydrogen) atoms. The molecule has 0 aromatic heterocycles. The molecule has 1 saturated heterocycles. The Labute approximate surface area is 161 Å². The van der Waals surface area contributed by atoms with Crippen LogP contribution in [0.5, 0.6) is 0 Å². The van der Waals surface area contributed by atoms with Crippen LogP contribution >= 0.6 is 11.6 Å². The third kappa shape index (κ3) is 5.68. The van der Waals surface area contributed by atoms with Crippen molar-refractivity contribution < 1.29 is 9.90 Å². The van der Waals surface area contributed by atoms with Gasteiger partial charge < -0.3 is 21.5 Å². The van der Waals surface area contributed by atoms with Crippen LogP contribution in [-0.4, -0.2) is 42.3 Å². The number of nitrogens with one attached hydrogen (secondary N) is 2. The zero-order valence-corrected chi connectivity index (χ0v) is 16.7. The molecule has 146 valence electrons. The molecule has 1 aromatic rings. The fourth-order valence-corrected chi connectivity index (χ4v) is 3.90. The molecule has 4 atom stereocenters. The van der Waals surface area contributed by atoms with Gasteiger partial charge in [0.2, 0.25) is 5.91 Å². The molecule has 0 radical (unpaired) electrons. The molecular formula is C20H32ClN3O2. The molecule has 1 heterocycles. The standard InChI is InChI=1S/C20H32ClN3O2/c1-20(2,3)12-15-17(22)16(13-7-6-8-14(21)11-13)18(24-15)19(26)23-9-4-5-10-25/h6-8,11,15-18,24-25H,4-5,9-10,12,22H2,1-3H3,(H,23,26)/t15-,16+,17?,18-/m0/s1. The lowest BCUT2D eigenvalue weighted by Crippen LogP contribution is -2.45. The van der Waals surface area contributed by atoms with Crippen LogP contribution in [-0.2, 0) is 4.79 Å². The van der Waals surface area contributed by atoms with Crippen LogP contribution in [0.25, 0.3) is 0 Å². The van der Waals surface area contributed by atoms with Crippen molar-refractivity contribution in [1.82, 2.24) is 10.6 Å². The summed E-state index contributed by atoms with van der Waals surface area (Å²) in [5.41, 5.74) is 7.70. The van der Waals surface area contributed by atoms with Crippen molar-refractivity contribution in [3.05, 3.63) is 34.9 Å². The molecule has 6 heteroatoms. The van der Waals surface area contributed by atoms with E-state index in [2.05, 4.69) is 31.4 Å². The predicted molar refractivity (Wildman–Crippen MR) is 106 cm³/mol. The molecule has 0 spiro atoms. The Bertz CT molecular complexity index is 603. The van der Waals surface area contributed by atoms with E-state index in [1.807, 2.05) is 24.3 Å². The SMILES string of the molecule is CC(C)(C)C[C@@H]1N[C@H](C(=O)NCCCCO)[C@H](c2cccc(Cl)c2)C1N. The number of carbonyl (C=O) groups is 1. The minimum Gasteiger partial charge on any atom is -0.396 e. The van der Waals surface area contributed by atoms with Crippen molar-refractivity contribution >= 4 is 17.5 Å². The van der Waals surface area contributed by atoms with Gasteiger partial charge in [-0.05, 0) is 42.4 Å². The van der Waals surface area contributed by atoms with Crippen LogP contribution in [0, 0.1) is 5.41 Å². The van der Waals surface area contributed by atoms with Crippen molar-refractivity contribution in [2.24, 2.45) is 11.1 Å². The molecule has 2 rings (SSSR count). The number of unbranched alkanes of at least 4 members (excludes halogenated alkanes) is 1. The Morgan fingerprint density at radius 3 is 2.69 bits per heavy atom. The number of aliphatic hydroxyl groups is 1. The average Bonchev–Trinajstić information content (AvgIpc) is 2.86. The number of hydrogen-bond acceptors (Lipinski definition) is 4. The first-order valence-electron chi connectivity index (χ1n) is 9.38. The van der Waals surface area contributed by atoms with E-state index in [1.165, 1.54) is 0 Å². The highest BCUT2D eigenvalue weighted by Gasteiger charge is 2.45. The Morgan fingerprint density at radius 1 is 1.35 bits per heavy atom. The normalized spacial score (nSPS) is 26.1. The van der Waals surface area contributed by atoms with Gasteiger partial charge in [0, 0.05) is 36.2 Å². The van der Waals surface area contributed by atoms with Crippen molar-refractivity contribution in [1.29, 1.82) is 0 Å². The maximum Gasteiger partial charge on any atom is 0.237 e. The Kier molecular flexibility index (Phi) is 7.47. The van der Waals surface area contributed by atoms with Crippen LogP contribution < -0.4 is 16.4 Å². The molecule has 0 bridgehead atoms. The molecule has 5 N–H and O–H groups in total. The summed E-state index contributed by atoms with van der Waals surface area (Å²) in [7, 11) is 0. The van der Waals surface area contributed by atoms with E-state index in [9.17, 15) is 4.79 Å². The van der Waals surface area contributed by atoms with Gasteiger partial charge in [0.05, 0.1) is 6.04 Å². The number of aliphatic hydroxyl groups excluding tert-OH is 1. The summed E-state index contributed by atoms with van der Waals surface area (Å²) >= 11 is 6.17. The Morgan fingerprint density at radius 2 is 2.08 bits per heavy atom. The fourth-order valence-electron chi connectivity index (χ4n) is 3.70. The number of rotatable bonds is 7. The number of hydrogen-bond donors (Lipinski definition) is 4. The molecular weight excluding hydrogens is 350 g/mol. The van der Waals surface area contributed by atoms with E-state index in [-0.39, 0.29) is 42.0 Å². The van der Waals surface area contributed by atoms with Gasteiger partial charge in [-0.25, -0.2) is 0 Å². The largest absolute Gasteiger partial charge is 0.396 e. The monoisotopic (exact) mass is 381 g/mol. The van der Waals surface area contributed by atoms with Crippen molar-refractivity contribution in [2.45, 2.75) is 64.1 Å². The molecule has 1 aliphatic heterocycles. The second-order valence-corrected chi connectivity index (χ2v) is 8.83. The highest BCUT2D eigenvalue weighted by atomic mass is 35.5. The average molecular weight is 382 g/mol. The van der Waals surface area contributed by atoms with E-state index in [4.69, 9.17) is 22.4 Å². The first-order valence-corrected chi connectivity index (χ1v) is 9.76. The number of nitrogens with two attached hydrogens (primary N) is 1. The van der Waals surface area contributed by atoms with Crippen LogP contribution in [0.4, 0.5) is 0 Å². The maximum absolute atomic E-state index is 12.8. The smallest absolute Gasteiger partial charge is 0.237 e. The maximum atomic E-state index is 12.8. The third-order valence-electron chi connectivity index (χ3n) is 4.86. The van der Waals surface area contributed by atoms with Crippen molar-refractivity contribution in [3.8, 4) is 0 Å². The Balaban J connectivity index is 2.19. The van der Waals surface area contributed by atoms with Gasteiger partial charge in [0.15, 0.2) is 0 Å². The highest BCUT2D eigenvalue weighted by molar-refractivity contribution is 6.30. The van der Waals surface area contributed by atoms with Crippen LogP contribution in [0.15, 0.2) is 24.3 Å². The van der Waals surface area contributed by atoms with Gasteiger partial charge in [-0.3, -0.25) is 4.79 Å². The van der Waals surface area contributed by atoms with E-state index in [1.54, 1.807) is 0 Å². The minimum atomic E-state index is -0.384. The van der Waals surface area contributed by atoms with Gasteiger partial charge >= 0.3 is 0 Å². The summed E-state index contributed by atoms with van der Waals surface area (Å²) in [5.74, 6) is -0.168. The predicted octanol–water partition coefficient (Wildman–Crippen LogP) is 2.42. The van der Waals surface area contributed by atoms with Crippen LogP contribution in [0.2, 0.25) is 5.02 Å². The van der Waals surface area contributed by atoms with Crippen LogP contribution in [0.3, 0.4) is 0 Å². The lowest BCUT2D eigenvalue weighted by atomic mass is 9.81. The number of halogens is 1. The van der Waals surface area contributed by atoms with E-state index in [0.29, 0.717) is 18.0 Å². The van der Waals surface area contributed by atoms with Crippen molar-refractivity contribution in [2.75, 3.05) is 13.2 Å². The number of benzene rings is 1. The van der Waals surface area contributed by atoms with Gasteiger partial charge in [-0.15, -0.1) is 0 Å². The van der Waals surface area contributed by atoms with Crippen LogP contribution in [0.1, 0.15) is 51.5 Å².